The zero-order valence-electron chi connectivity index (χ0n) is 17.4. The van der Waals surface area contributed by atoms with E-state index in [-0.39, 0.29) is 17.8 Å². The van der Waals surface area contributed by atoms with Gasteiger partial charge in [0, 0.05) is 24.7 Å². The van der Waals surface area contributed by atoms with Crippen LogP contribution in [-0.2, 0) is 22.6 Å². The van der Waals surface area contributed by atoms with Crippen LogP contribution in [0.3, 0.4) is 0 Å². The summed E-state index contributed by atoms with van der Waals surface area (Å²) in [4.78, 5) is 28.6. The van der Waals surface area contributed by atoms with Crippen LogP contribution in [0.2, 0.25) is 0 Å². The number of aryl methyl sites for hydroxylation is 1. The van der Waals surface area contributed by atoms with Gasteiger partial charge in [-0.2, -0.15) is 0 Å². The molecule has 1 saturated heterocycles. The summed E-state index contributed by atoms with van der Waals surface area (Å²) in [6, 6.07) is 7.83. The van der Waals surface area contributed by atoms with Crippen molar-refractivity contribution in [2.24, 2.45) is 5.92 Å². The first-order valence-electron chi connectivity index (χ1n) is 10.3. The molecule has 4 rings (SSSR count). The summed E-state index contributed by atoms with van der Waals surface area (Å²) >= 11 is 0. The molecule has 0 bridgehead atoms. The Morgan fingerprint density at radius 2 is 2.00 bits per heavy atom. The lowest BCUT2D eigenvalue weighted by Crippen LogP contribution is -2.36. The van der Waals surface area contributed by atoms with Crippen molar-refractivity contribution in [3.05, 3.63) is 46.8 Å². The Bertz CT molecular complexity index is 917. The van der Waals surface area contributed by atoms with E-state index in [1.165, 1.54) is 12.7 Å². The molecule has 0 spiro atoms. The van der Waals surface area contributed by atoms with E-state index in [0.717, 1.165) is 43.8 Å². The second kappa shape index (κ2) is 8.87. The number of esters is 1. The van der Waals surface area contributed by atoms with Crippen LogP contribution < -0.4 is 4.74 Å². The summed E-state index contributed by atoms with van der Waals surface area (Å²) < 4.78 is 15.8. The molecule has 0 unspecified atom stereocenters. The third kappa shape index (κ3) is 4.48. The number of nitrogens with zero attached hydrogens (tertiary/aromatic N) is 3. The first kappa shape index (κ1) is 20.4. The minimum atomic E-state index is -0.154. The van der Waals surface area contributed by atoms with Crippen molar-refractivity contribution in [3.63, 3.8) is 0 Å². The summed E-state index contributed by atoms with van der Waals surface area (Å²) in [6.07, 6.45) is 1.64. The molecule has 1 fully saturated rings. The average Bonchev–Trinajstić information content (AvgIpc) is 3.08. The average molecular weight is 413 g/mol. The molecular weight excluding hydrogens is 386 g/mol. The van der Waals surface area contributed by atoms with Gasteiger partial charge in [-0.05, 0) is 50.6 Å². The predicted octanol–water partition coefficient (Wildman–Crippen LogP) is 2.40. The van der Waals surface area contributed by atoms with E-state index in [1.807, 2.05) is 6.07 Å². The van der Waals surface area contributed by atoms with Crippen molar-refractivity contribution in [2.75, 3.05) is 33.4 Å². The number of carbonyl (C=O) groups excluding carboxylic acids is 2. The van der Waals surface area contributed by atoms with Gasteiger partial charge in [0.25, 0.3) is 5.91 Å². The molecule has 1 amide bonds. The second-order valence-corrected chi connectivity index (χ2v) is 7.91. The molecule has 0 N–H and O–H groups in total. The van der Waals surface area contributed by atoms with Gasteiger partial charge in [-0.25, -0.2) is 0 Å². The van der Waals surface area contributed by atoms with Crippen LogP contribution in [-0.4, -0.2) is 60.2 Å². The standard InChI is InChI=1S/C22H27N3O5/c1-15-11-19(23-30-15)21(26)25-9-10-29-20-4-3-16(12-18(20)14-25)13-24-7-5-17(6-8-24)22(27)28-2/h3-4,11-12,17H,5-10,13-14H2,1-2H3. The molecule has 0 saturated carbocycles. The molecule has 0 radical (unpaired) electrons. The van der Waals surface area contributed by atoms with Crippen molar-refractivity contribution in [1.29, 1.82) is 0 Å². The highest BCUT2D eigenvalue weighted by atomic mass is 16.5. The molecule has 2 aliphatic rings. The third-order valence-electron chi connectivity index (χ3n) is 5.77. The van der Waals surface area contributed by atoms with Crippen LogP contribution in [0.25, 0.3) is 0 Å². The number of carbonyl (C=O) groups is 2. The van der Waals surface area contributed by atoms with Crippen LogP contribution in [0.5, 0.6) is 5.75 Å². The number of methoxy groups -OCH3 is 1. The van der Waals surface area contributed by atoms with Gasteiger partial charge in [0.2, 0.25) is 0 Å². The van der Waals surface area contributed by atoms with Gasteiger partial charge in [0.05, 0.1) is 19.6 Å². The lowest BCUT2D eigenvalue weighted by atomic mass is 9.96. The number of aromatic nitrogens is 1. The number of piperidine rings is 1. The fraction of sp³-hybridized carbons (Fsp3) is 0.500. The van der Waals surface area contributed by atoms with Crippen molar-refractivity contribution < 1.29 is 23.6 Å². The van der Waals surface area contributed by atoms with Crippen molar-refractivity contribution in [1.82, 2.24) is 15.0 Å². The molecule has 30 heavy (non-hydrogen) atoms. The highest BCUT2D eigenvalue weighted by Gasteiger charge is 2.26. The van der Waals surface area contributed by atoms with Crippen LogP contribution in [0, 0.1) is 12.8 Å². The molecule has 3 heterocycles. The van der Waals surface area contributed by atoms with E-state index < -0.39 is 0 Å². The van der Waals surface area contributed by atoms with Crippen molar-refractivity contribution >= 4 is 11.9 Å². The fourth-order valence-corrected chi connectivity index (χ4v) is 4.10. The number of hydrogen-bond acceptors (Lipinski definition) is 7. The summed E-state index contributed by atoms with van der Waals surface area (Å²) in [5, 5.41) is 3.85. The maximum absolute atomic E-state index is 12.8. The summed E-state index contributed by atoms with van der Waals surface area (Å²) in [6.45, 7) is 5.71. The second-order valence-electron chi connectivity index (χ2n) is 7.91. The molecule has 2 aromatic rings. The van der Waals surface area contributed by atoms with Crippen LogP contribution in [0.4, 0.5) is 0 Å². The molecule has 0 aliphatic carbocycles. The SMILES string of the molecule is COC(=O)C1CCN(Cc2ccc3c(c2)CN(C(=O)c2cc(C)on2)CCO3)CC1. The number of amides is 1. The lowest BCUT2D eigenvalue weighted by molar-refractivity contribution is -0.147. The topological polar surface area (TPSA) is 85.1 Å². The van der Waals surface area contributed by atoms with Gasteiger partial charge in [0.1, 0.15) is 18.1 Å². The summed E-state index contributed by atoms with van der Waals surface area (Å²) in [5.41, 5.74) is 2.48. The van der Waals surface area contributed by atoms with Gasteiger partial charge in [-0.3, -0.25) is 14.5 Å². The number of benzene rings is 1. The predicted molar refractivity (Wildman–Crippen MR) is 108 cm³/mol. The first-order valence-corrected chi connectivity index (χ1v) is 10.3. The molecular formula is C22H27N3O5. The van der Waals surface area contributed by atoms with Gasteiger partial charge in [0.15, 0.2) is 5.69 Å². The first-order chi connectivity index (χ1) is 14.5. The smallest absolute Gasteiger partial charge is 0.308 e. The highest BCUT2D eigenvalue weighted by Crippen LogP contribution is 2.27. The Hall–Kier alpha value is -2.87. The van der Waals surface area contributed by atoms with Crippen molar-refractivity contribution in [2.45, 2.75) is 32.9 Å². The summed E-state index contributed by atoms with van der Waals surface area (Å²) in [7, 11) is 1.45. The van der Waals surface area contributed by atoms with Crippen LogP contribution >= 0.6 is 0 Å². The fourth-order valence-electron chi connectivity index (χ4n) is 4.10. The number of ether oxygens (including phenoxy) is 2. The van der Waals surface area contributed by atoms with Crippen LogP contribution in [0.1, 0.15) is 40.2 Å². The normalized spacial score (nSPS) is 17.7. The lowest BCUT2D eigenvalue weighted by Gasteiger charge is -2.30. The quantitative estimate of drug-likeness (QED) is 0.712. The zero-order valence-corrected chi connectivity index (χ0v) is 17.4. The van der Waals surface area contributed by atoms with Crippen molar-refractivity contribution in [3.8, 4) is 5.75 Å². The Morgan fingerprint density at radius 3 is 2.70 bits per heavy atom. The molecule has 160 valence electrons. The van der Waals surface area contributed by atoms with E-state index in [9.17, 15) is 9.59 Å². The molecule has 8 nitrogen and oxygen atoms in total. The van der Waals surface area contributed by atoms with E-state index in [1.54, 1.807) is 17.9 Å². The van der Waals surface area contributed by atoms with E-state index >= 15 is 0 Å². The van der Waals surface area contributed by atoms with Gasteiger partial charge in [-0.15, -0.1) is 0 Å². The van der Waals surface area contributed by atoms with E-state index in [0.29, 0.717) is 31.2 Å². The Kier molecular flexibility index (Phi) is 6.03. The summed E-state index contributed by atoms with van der Waals surface area (Å²) in [5.74, 6) is 1.17. The van der Waals surface area contributed by atoms with Crippen LogP contribution in [0.15, 0.2) is 28.8 Å². The van der Waals surface area contributed by atoms with E-state index in [4.69, 9.17) is 14.0 Å². The number of fused-ring (bicyclic) bond motifs is 1. The maximum Gasteiger partial charge on any atom is 0.308 e. The number of rotatable bonds is 4. The highest BCUT2D eigenvalue weighted by molar-refractivity contribution is 5.92. The zero-order chi connectivity index (χ0) is 21.1. The monoisotopic (exact) mass is 413 g/mol. The largest absolute Gasteiger partial charge is 0.491 e. The minimum absolute atomic E-state index is 0.00596. The Balaban J connectivity index is 1.42. The Labute approximate surface area is 175 Å². The molecule has 8 heteroatoms. The van der Waals surface area contributed by atoms with Gasteiger partial charge >= 0.3 is 5.97 Å². The molecule has 2 aliphatic heterocycles. The number of hydrogen-bond donors (Lipinski definition) is 0. The number of likely N-dealkylation sites (tertiary alicyclic amines) is 1. The third-order valence-corrected chi connectivity index (χ3v) is 5.77. The molecule has 1 aromatic carbocycles. The minimum Gasteiger partial charge on any atom is -0.491 e. The molecule has 0 atom stereocenters. The molecule has 1 aromatic heterocycles. The maximum atomic E-state index is 12.8. The van der Waals surface area contributed by atoms with Gasteiger partial charge < -0.3 is 18.9 Å². The Morgan fingerprint density at radius 1 is 1.20 bits per heavy atom. The van der Waals surface area contributed by atoms with E-state index in [2.05, 4.69) is 22.2 Å². The van der Waals surface area contributed by atoms with Gasteiger partial charge in [-0.1, -0.05) is 11.2 Å².